The molecule has 1 aliphatic rings. The first-order valence-corrected chi connectivity index (χ1v) is 7.90. The standard InChI is InChI=1S/C17H26N2O2/c1-3-21-16-8-7-14(10-15(16)18)17(20)19-11-13-6-4-5-12(2)9-13/h7-8,10,12-13H,3-6,9,11,18H2,1-2H3,(H,19,20). The van der Waals surface area contributed by atoms with Crippen LogP contribution in [0.25, 0.3) is 0 Å². The summed E-state index contributed by atoms with van der Waals surface area (Å²) < 4.78 is 5.38. The largest absolute Gasteiger partial charge is 0.492 e. The molecule has 4 heteroatoms. The molecule has 0 bridgehead atoms. The average Bonchev–Trinajstić information content (AvgIpc) is 2.47. The van der Waals surface area contributed by atoms with Crippen LogP contribution in [0.4, 0.5) is 5.69 Å². The summed E-state index contributed by atoms with van der Waals surface area (Å²) in [5.41, 5.74) is 7.00. The fourth-order valence-electron chi connectivity index (χ4n) is 3.06. The van der Waals surface area contributed by atoms with E-state index in [9.17, 15) is 4.79 Å². The van der Waals surface area contributed by atoms with Crippen molar-refractivity contribution in [3.8, 4) is 5.75 Å². The van der Waals surface area contributed by atoms with E-state index in [0.717, 1.165) is 12.5 Å². The number of carbonyl (C=O) groups excluding carboxylic acids is 1. The second kappa shape index (κ2) is 7.34. The number of nitrogens with two attached hydrogens (primary N) is 1. The highest BCUT2D eigenvalue weighted by Crippen LogP contribution is 2.28. The molecule has 1 fully saturated rings. The molecule has 0 radical (unpaired) electrons. The Morgan fingerprint density at radius 2 is 2.24 bits per heavy atom. The lowest BCUT2D eigenvalue weighted by atomic mass is 9.82. The van der Waals surface area contributed by atoms with Crippen LogP contribution >= 0.6 is 0 Å². The highest BCUT2D eigenvalue weighted by molar-refractivity contribution is 5.95. The molecule has 0 aliphatic heterocycles. The summed E-state index contributed by atoms with van der Waals surface area (Å²) >= 11 is 0. The first kappa shape index (κ1) is 15.7. The fraction of sp³-hybridized carbons (Fsp3) is 0.588. The average molecular weight is 290 g/mol. The molecular formula is C17H26N2O2. The van der Waals surface area contributed by atoms with Gasteiger partial charge in [0.1, 0.15) is 5.75 Å². The molecule has 1 amide bonds. The predicted octanol–water partition coefficient (Wildman–Crippen LogP) is 3.22. The Labute approximate surface area is 127 Å². The van der Waals surface area contributed by atoms with E-state index in [1.165, 1.54) is 25.7 Å². The van der Waals surface area contributed by atoms with Crippen molar-refractivity contribution in [1.29, 1.82) is 0 Å². The van der Waals surface area contributed by atoms with Gasteiger partial charge in [0.25, 0.3) is 5.91 Å². The first-order chi connectivity index (χ1) is 10.1. The van der Waals surface area contributed by atoms with Gasteiger partial charge >= 0.3 is 0 Å². The highest BCUT2D eigenvalue weighted by atomic mass is 16.5. The number of benzene rings is 1. The van der Waals surface area contributed by atoms with Gasteiger partial charge in [-0.15, -0.1) is 0 Å². The molecule has 2 rings (SSSR count). The van der Waals surface area contributed by atoms with E-state index in [1.807, 2.05) is 6.92 Å². The van der Waals surface area contributed by atoms with Crippen LogP contribution < -0.4 is 15.8 Å². The second-order valence-corrected chi connectivity index (χ2v) is 6.03. The fourth-order valence-corrected chi connectivity index (χ4v) is 3.06. The summed E-state index contributed by atoms with van der Waals surface area (Å²) in [6, 6.07) is 5.21. The molecular weight excluding hydrogens is 264 g/mol. The molecule has 3 N–H and O–H groups in total. The van der Waals surface area contributed by atoms with E-state index in [1.54, 1.807) is 18.2 Å². The topological polar surface area (TPSA) is 64.3 Å². The van der Waals surface area contributed by atoms with E-state index in [0.29, 0.717) is 29.5 Å². The van der Waals surface area contributed by atoms with Crippen molar-refractivity contribution in [2.45, 2.75) is 39.5 Å². The second-order valence-electron chi connectivity index (χ2n) is 6.03. The molecule has 21 heavy (non-hydrogen) atoms. The van der Waals surface area contributed by atoms with Crippen molar-refractivity contribution in [3.05, 3.63) is 23.8 Å². The van der Waals surface area contributed by atoms with Crippen LogP contribution in [-0.2, 0) is 0 Å². The van der Waals surface area contributed by atoms with Crippen molar-refractivity contribution >= 4 is 11.6 Å². The Morgan fingerprint density at radius 1 is 1.43 bits per heavy atom. The lowest BCUT2D eigenvalue weighted by Crippen LogP contribution is -2.31. The number of ether oxygens (including phenoxy) is 1. The third-order valence-electron chi connectivity index (χ3n) is 4.17. The van der Waals surface area contributed by atoms with Gasteiger partial charge in [-0.05, 0) is 49.8 Å². The van der Waals surface area contributed by atoms with Crippen LogP contribution in [0.5, 0.6) is 5.75 Å². The molecule has 2 unspecified atom stereocenters. The minimum absolute atomic E-state index is 0.0528. The van der Waals surface area contributed by atoms with Gasteiger partial charge in [-0.2, -0.15) is 0 Å². The summed E-state index contributed by atoms with van der Waals surface area (Å²) in [6.45, 7) is 5.53. The van der Waals surface area contributed by atoms with Crippen LogP contribution in [0.3, 0.4) is 0 Å². The maximum Gasteiger partial charge on any atom is 0.251 e. The van der Waals surface area contributed by atoms with Crippen LogP contribution in [0.15, 0.2) is 18.2 Å². The molecule has 1 aromatic carbocycles. The SMILES string of the molecule is CCOc1ccc(C(=O)NCC2CCCC(C)C2)cc1N. The van der Waals surface area contributed by atoms with Gasteiger partial charge < -0.3 is 15.8 Å². The molecule has 0 heterocycles. The molecule has 1 saturated carbocycles. The van der Waals surface area contributed by atoms with E-state index < -0.39 is 0 Å². The number of anilines is 1. The van der Waals surface area contributed by atoms with E-state index in [2.05, 4.69) is 12.2 Å². The molecule has 1 aliphatic carbocycles. The van der Waals surface area contributed by atoms with E-state index in [4.69, 9.17) is 10.5 Å². The number of amides is 1. The zero-order chi connectivity index (χ0) is 15.2. The Morgan fingerprint density at radius 3 is 2.90 bits per heavy atom. The van der Waals surface area contributed by atoms with Gasteiger partial charge in [0.2, 0.25) is 0 Å². The summed E-state index contributed by atoms with van der Waals surface area (Å²) in [7, 11) is 0. The normalized spacial score (nSPS) is 21.8. The van der Waals surface area contributed by atoms with Gasteiger partial charge in [-0.3, -0.25) is 4.79 Å². The smallest absolute Gasteiger partial charge is 0.251 e. The monoisotopic (exact) mass is 290 g/mol. The molecule has 0 aromatic heterocycles. The third kappa shape index (κ3) is 4.38. The number of hydrogen-bond donors (Lipinski definition) is 2. The summed E-state index contributed by atoms with van der Waals surface area (Å²) in [4.78, 5) is 12.2. The molecule has 2 atom stereocenters. The minimum atomic E-state index is -0.0528. The summed E-state index contributed by atoms with van der Waals surface area (Å²) in [6.07, 6.45) is 5.03. The zero-order valence-corrected chi connectivity index (χ0v) is 13.0. The van der Waals surface area contributed by atoms with Gasteiger partial charge in [0.05, 0.1) is 12.3 Å². The third-order valence-corrected chi connectivity index (χ3v) is 4.17. The van der Waals surface area contributed by atoms with Crippen molar-refractivity contribution in [3.63, 3.8) is 0 Å². The zero-order valence-electron chi connectivity index (χ0n) is 13.0. The number of nitrogens with one attached hydrogen (secondary N) is 1. The lowest BCUT2D eigenvalue weighted by molar-refractivity contribution is 0.0940. The van der Waals surface area contributed by atoms with E-state index >= 15 is 0 Å². The quantitative estimate of drug-likeness (QED) is 0.818. The number of hydrogen-bond acceptors (Lipinski definition) is 3. The van der Waals surface area contributed by atoms with Gasteiger partial charge in [-0.25, -0.2) is 0 Å². The molecule has 0 saturated heterocycles. The van der Waals surface area contributed by atoms with Crippen molar-refractivity contribution in [2.75, 3.05) is 18.9 Å². The van der Waals surface area contributed by atoms with Gasteiger partial charge in [0.15, 0.2) is 0 Å². The van der Waals surface area contributed by atoms with Crippen molar-refractivity contribution in [1.82, 2.24) is 5.32 Å². The van der Waals surface area contributed by atoms with Gasteiger partial charge in [-0.1, -0.05) is 19.8 Å². The lowest BCUT2D eigenvalue weighted by Gasteiger charge is -2.26. The van der Waals surface area contributed by atoms with Gasteiger partial charge in [0, 0.05) is 12.1 Å². The van der Waals surface area contributed by atoms with Crippen LogP contribution in [0.2, 0.25) is 0 Å². The van der Waals surface area contributed by atoms with Crippen LogP contribution in [0.1, 0.15) is 49.9 Å². The summed E-state index contributed by atoms with van der Waals surface area (Å²) in [5, 5.41) is 3.03. The van der Waals surface area contributed by atoms with Crippen LogP contribution in [0, 0.1) is 11.8 Å². The minimum Gasteiger partial charge on any atom is -0.492 e. The Balaban J connectivity index is 1.89. The maximum atomic E-state index is 12.2. The number of carbonyl (C=O) groups is 1. The Kier molecular flexibility index (Phi) is 5.48. The first-order valence-electron chi connectivity index (χ1n) is 7.90. The Hall–Kier alpha value is -1.71. The van der Waals surface area contributed by atoms with Crippen molar-refractivity contribution < 1.29 is 9.53 Å². The van der Waals surface area contributed by atoms with E-state index in [-0.39, 0.29) is 5.91 Å². The maximum absolute atomic E-state index is 12.2. The highest BCUT2D eigenvalue weighted by Gasteiger charge is 2.19. The molecule has 1 aromatic rings. The molecule has 0 spiro atoms. The number of nitrogen functional groups attached to an aromatic ring is 1. The molecule has 4 nitrogen and oxygen atoms in total. The Bertz CT molecular complexity index is 488. The molecule has 116 valence electrons. The summed E-state index contributed by atoms with van der Waals surface area (Å²) in [5.74, 6) is 1.97. The van der Waals surface area contributed by atoms with Crippen LogP contribution in [-0.4, -0.2) is 19.1 Å². The van der Waals surface area contributed by atoms with Crippen molar-refractivity contribution in [2.24, 2.45) is 11.8 Å². The predicted molar refractivity (Wildman–Crippen MR) is 85.5 cm³/mol. The number of rotatable bonds is 5.